The summed E-state index contributed by atoms with van der Waals surface area (Å²) in [6.45, 7) is 3.14. The van der Waals surface area contributed by atoms with Gasteiger partial charge in [-0.15, -0.1) is 0 Å². The van der Waals surface area contributed by atoms with Gasteiger partial charge in [-0.2, -0.15) is 5.10 Å². The molecule has 1 heterocycles. The van der Waals surface area contributed by atoms with E-state index in [-0.39, 0.29) is 11.6 Å². The number of nitrogens with one attached hydrogen (secondary N) is 1. The van der Waals surface area contributed by atoms with Crippen molar-refractivity contribution in [2.45, 2.75) is 19.9 Å². The van der Waals surface area contributed by atoms with Crippen LogP contribution in [0, 0.1) is 0 Å². The lowest BCUT2D eigenvalue weighted by atomic mass is 10.1. The van der Waals surface area contributed by atoms with Gasteiger partial charge in [0.1, 0.15) is 5.75 Å². The van der Waals surface area contributed by atoms with Crippen molar-refractivity contribution in [3.05, 3.63) is 41.7 Å². The highest BCUT2D eigenvalue weighted by Gasteiger charge is 2.13. The van der Waals surface area contributed by atoms with Crippen molar-refractivity contribution in [2.75, 3.05) is 19.4 Å². The minimum Gasteiger partial charge on any atom is -0.497 e. The zero-order valence-electron chi connectivity index (χ0n) is 12.3. The molecule has 0 unspecified atom stereocenters. The number of carbonyl (C=O) groups excluding carboxylic acids is 1. The Morgan fingerprint density at radius 2 is 2.29 bits per heavy atom. The third-order valence-corrected chi connectivity index (χ3v) is 3.16. The zero-order valence-corrected chi connectivity index (χ0v) is 12.3. The largest absolute Gasteiger partial charge is 0.497 e. The van der Waals surface area contributed by atoms with Crippen LogP contribution >= 0.6 is 0 Å². The van der Waals surface area contributed by atoms with Crippen molar-refractivity contribution in [1.82, 2.24) is 15.1 Å². The molecule has 112 valence electrons. The molecular weight excluding hydrogens is 268 g/mol. The molecule has 1 aromatic carbocycles. The standard InChI is InChI=1S/C15H20N4O2/c1-3-19-10-13(16)14(18-19)15(20)17-8-7-11-5-4-6-12(9-11)21-2/h4-6,9-10H,3,7-8,16H2,1-2H3,(H,17,20). The van der Waals surface area contributed by atoms with Gasteiger partial charge in [0.05, 0.1) is 12.8 Å². The van der Waals surface area contributed by atoms with Crippen LogP contribution in [0.1, 0.15) is 23.0 Å². The third-order valence-electron chi connectivity index (χ3n) is 3.16. The van der Waals surface area contributed by atoms with Gasteiger partial charge in [-0.25, -0.2) is 0 Å². The zero-order chi connectivity index (χ0) is 15.2. The number of methoxy groups -OCH3 is 1. The van der Waals surface area contributed by atoms with Gasteiger partial charge in [0.2, 0.25) is 0 Å². The molecule has 6 heteroatoms. The van der Waals surface area contributed by atoms with Crippen LogP contribution in [-0.4, -0.2) is 29.3 Å². The molecule has 0 atom stereocenters. The lowest BCUT2D eigenvalue weighted by Gasteiger charge is -2.06. The molecule has 0 spiro atoms. The number of nitrogen functional groups attached to an aromatic ring is 1. The number of benzene rings is 1. The maximum atomic E-state index is 12.0. The summed E-state index contributed by atoms with van der Waals surface area (Å²) in [6, 6.07) is 7.76. The van der Waals surface area contributed by atoms with Crippen LogP contribution < -0.4 is 15.8 Å². The second kappa shape index (κ2) is 6.78. The van der Waals surface area contributed by atoms with Gasteiger partial charge in [0.15, 0.2) is 5.69 Å². The number of nitrogens with two attached hydrogens (primary N) is 1. The molecule has 0 fully saturated rings. The molecule has 2 aromatic rings. The van der Waals surface area contributed by atoms with Gasteiger partial charge in [0.25, 0.3) is 5.91 Å². The summed E-state index contributed by atoms with van der Waals surface area (Å²) in [4.78, 5) is 12.0. The van der Waals surface area contributed by atoms with Crippen molar-refractivity contribution in [3.8, 4) is 5.75 Å². The average molecular weight is 288 g/mol. The lowest BCUT2D eigenvalue weighted by molar-refractivity contribution is 0.0949. The number of anilines is 1. The van der Waals surface area contributed by atoms with Gasteiger partial charge in [-0.05, 0) is 31.0 Å². The van der Waals surface area contributed by atoms with Crippen molar-refractivity contribution >= 4 is 11.6 Å². The smallest absolute Gasteiger partial charge is 0.273 e. The summed E-state index contributed by atoms with van der Waals surface area (Å²) < 4.78 is 6.81. The number of carbonyl (C=O) groups is 1. The fourth-order valence-electron chi connectivity index (χ4n) is 2.01. The van der Waals surface area contributed by atoms with Crippen molar-refractivity contribution < 1.29 is 9.53 Å². The van der Waals surface area contributed by atoms with E-state index < -0.39 is 0 Å². The fraction of sp³-hybridized carbons (Fsp3) is 0.333. The van der Waals surface area contributed by atoms with Gasteiger partial charge in [-0.3, -0.25) is 9.48 Å². The molecule has 0 saturated heterocycles. The Bertz CT molecular complexity index is 622. The van der Waals surface area contributed by atoms with Crippen LogP contribution in [-0.2, 0) is 13.0 Å². The number of hydrogen-bond donors (Lipinski definition) is 2. The second-order valence-electron chi connectivity index (χ2n) is 4.65. The molecule has 0 bridgehead atoms. The number of aromatic nitrogens is 2. The van der Waals surface area contributed by atoms with E-state index in [0.717, 1.165) is 17.7 Å². The van der Waals surface area contributed by atoms with Crippen molar-refractivity contribution in [1.29, 1.82) is 0 Å². The molecule has 3 N–H and O–H groups in total. The van der Waals surface area contributed by atoms with Crippen molar-refractivity contribution in [3.63, 3.8) is 0 Å². The Labute approximate surface area is 123 Å². The van der Waals surface area contributed by atoms with Gasteiger partial charge in [0, 0.05) is 19.3 Å². The van der Waals surface area contributed by atoms with Crippen LogP contribution in [0.5, 0.6) is 5.75 Å². The van der Waals surface area contributed by atoms with Crippen LogP contribution in [0.2, 0.25) is 0 Å². The third kappa shape index (κ3) is 3.75. The van der Waals surface area contributed by atoms with Crippen LogP contribution in [0.4, 0.5) is 5.69 Å². The predicted octanol–water partition coefficient (Wildman–Crippen LogP) is 1.47. The number of aryl methyl sites for hydroxylation is 1. The molecule has 0 aliphatic rings. The quantitative estimate of drug-likeness (QED) is 0.843. The number of rotatable bonds is 6. The Balaban J connectivity index is 1.90. The maximum absolute atomic E-state index is 12.0. The number of nitrogens with zero attached hydrogens (tertiary/aromatic N) is 2. The van der Waals surface area contributed by atoms with Gasteiger partial charge >= 0.3 is 0 Å². The average Bonchev–Trinajstić information content (AvgIpc) is 2.88. The van der Waals surface area contributed by atoms with Crippen LogP contribution in [0.3, 0.4) is 0 Å². The number of hydrogen-bond acceptors (Lipinski definition) is 4. The Hall–Kier alpha value is -2.50. The summed E-state index contributed by atoms with van der Waals surface area (Å²) >= 11 is 0. The van der Waals surface area contributed by atoms with Gasteiger partial charge in [-0.1, -0.05) is 12.1 Å². The van der Waals surface area contributed by atoms with E-state index in [1.54, 1.807) is 18.0 Å². The molecule has 2 rings (SSSR count). The summed E-state index contributed by atoms with van der Waals surface area (Å²) in [7, 11) is 1.63. The topological polar surface area (TPSA) is 82.2 Å². The van der Waals surface area contributed by atoms with E-state index in [9.17, 15) is 4.79 Å². The summed E-state index contributed by atoms with van der Waals surface area (Å²) in [6.07, 6.45) is 2.38. The maximum Gasteiger partial charge on any atom is 0.273 e. The van der Waals surface area contributed by atoms with E-state index in [4.69, 9.17) is 10.5 Å². The predicted molar refractivity (Wildman–Crippen MR) is 81.3 cm³/mol. The monoisotopic (exact) mass is 288 g/mol. The summed E-state index contributed by atoms with van der Waals surface area (Å²) in [5, 5.41) is 6.97. The molecule has 1 aromatic heterocycles. The SMILES string of the molecule is CCn1cc(N)c(C(=O)NCCc2cccc(OC)c2)n1. The van der Waals surface area contributed by atoms with E-state index in [1.165, 1.54) is 0 Å². The van der Waals surface area contributed by atoms with Gasteiger partial charge < -0.3 is 15.8 Å². The van der Waals surface area contributed by atoms with Crippen LogP contribution in [0.25, 0.3) is 0 Å². The highest BCUT2D eigenvalue weighted by molar-refractivity contribution is 5.96. The van der Waals surface area contributed by atoms with E-state index in [0.29, 0.717) is 18.8 Å². The second-order valence-corrected chi connectivity index (χ2v) is 4.65. The first-order valence-electron chi connectivity index (χ1n) is 6.88. The number of ether oxygens (including phenoxy) is 1. The summed E-state index contributed by atoms with van der Waals surface area (Å²) in [5.41, 5.74) is 7.56. The first-order valence-corrected chi connectivity index (χ1v) is 6.88. The Morgan fingerprint density at radius 3 is 2.95 bits per heavy atom. The minimum absolute atomic E-state index is 0.248. The Kier molecular flexibility index (Phi) is 4.81. The number of amides is 1. The molecule has 1 amide bonds. The lowest BCUT2D eigenvalue weighted by Crippen LogP contribution is -2.27. The molecule has 6 nitrogen and oxygen atoms in total. The molecule has 0 radical (unpaired) electrons. The fourth-order valence-corrected chi connectivity index (χ4v) is 2.01. The first-order chi connectivity index (χ1) is 10.1. The minimum atomic E-state index is -0.248. The molecule has 0 aliphatic heterocycles. The first kappa shape index (κ1) is 14.9. The molecular formula is C15H20N4O2. The molecule has 21 heavy (non-hydrogen) atoms. The highest BCUT2D eigenvalue weighted by Crippen LogP contribution is 2.13. The summed E-state index contributed by atoms with van der Waals surface area (Å²) in [5.74, 6) is 0.562. The highest BCUT2D eigenvalue weighted by atomic mass is 16.5. The van der Waals surface area contributed by atoms with E-state index >= 15 is 0 Å². The van der Waals surface area contributed by atoms with Crippen molar-refractivity contribution in [2.24, 2.45) is 0 Å². The molecule has 0 aliphatic carbocycles. The normalized spacial score (nSPS) is 10.4. The Morgan fingerprint density at radius 1 is 1.48 bits per heavy atom. The molecule has 0 saturated carbocycles. The van der Waals surface area contributed by atoms with E-state index in [1.807, 2.05) is 31.2 Å². The van der Waals surface area contributed by atoms with E-state index in [2.05, 4.69) is 10.4 Å². The van der Waals surface area contributed by atoms with Crippen LogP contribution in [0.15, 0.2) is 30.5 Å².